The number of carbonyl (C=O) groups excluding carboxylic acids is 2. The van der Waals surface area contributed by atoms with Crippen LogP contribution in [0.1, 0.15) is 54.6 Å². The van der Waals surface area contributed by atoms with Gasteiger partial charge in [0.25, 0.3) is 5.91 Å². The minimum Gasteiger partial charge on any atom is -0.492 e. The van der Waals surface area contributed by atoms with E-state index in [-0.39, 0.29) is 17.9 Å². The first-order valence-corrected chi connectivity index (χ1v) is 15.0. The van der Waals surface area contributed by atoms with E-state index in [1.54, 1.807) is 17.2 Å². The highest BCUT2D eigenvalue weighted by Gasteiger charge is 2.34. The van der Waals surface area contributed by atoms with E-state index >= 15 is 0 Å². The van der Waals surface area contributed by atoms with Crippen molar-refractivity contribution in [3.8, 4) is 5.75 Å². The molecule has 4 aromatic rings. The number of rotatable bonds is 10. The van der Waals surface area contributed by atoms with Crippen molar-refractivity contribution in [2.45, 2.75) is 51.4 Å². The fourth-order valence-electron chi connectivity index (χ4n) is 5.26. The Kier molecular flexibility index (Phi) is 10.1. The van der Waals surface area contributed by atoms with Gasteiger partial charge in [-0.25, -0.2) is 4.79 Å². The van der Waals surface area contributed by atoms with Gasteiger partial charge in [-0.3, -0.25) is 4.79 Å². The Morgan fingerprint density at radius 2 is 1.61 bits per heavy atom. The van der Waals surface area contributed by atoms with Crippen molar-refractivity contribution in [3.63, 3.8) is 0 Å². The lowest BCUT2D eigenvalue weighted by Gasteiger charge is -2.37. The Morgan fingerprint density at radius 1 is 0.886 bits per heavy atom. The highest BCUT2D eigenvalue weighted by Crippen LogP contribution is 2.33. The van der Waals surface area contributed by atoms with Crippen molar-refractivity contribution < 1.29 is 28.6 Å². The zero-order chi connectivity index (χ0) is 30.9. The maximum Gasteiger partial charge on any atom is 0.528 e. The van der Waals surface area contributed by atoms with E-state index in [1.165, 1.54) is 10.8 Å². The van der Waals surface area contributed by atoms with Crippen molar-refractivity contribution in [3.05, 3.63) is 114 Å². The molecule has 1 aliphatic heterocycles. The maximum absolute atomic E-state index is 12.4. The molecule has 0 aliphatic carbocycles. The van der Waals surface area contributed by atoms with Crippen molar-refractivity contribution in [2.75, 3.05) is 26.2 Å². The Bertz CT molecular complexity index is 1530. The van der Waals surface area contributed by atoms with Gasteiger partial charge in [0.05, 0.1) is 25.8 Å². The van der Waals surface area contributed by atoms with Crippen LogP contribution < -0.4 is 10.1 Å². The highest BCUT2D eigenvalue weighted by molar-refractivity contribution is 5.94. The third kappa shape index (κ3) is 8.81. The van der Waals surface area contributed by atoms with Gasteiger partial charge in [0, 0.05) is 18.0 Å². The second-order valence-corrected chi connectivity index (χ2v) is 11.9. The molecule has 2 unspecified atom stereocenters. The zero-order valence-corrected chi connectivity index (χ0v) is 25.5. The van der Waals surface area contributed by atoms with Gasteiger partial charge in [-0.05, 0) is 79.4 Å². The molecule has 1 fully saturated rings. The summed E-state index contributed by atoms with van der Waals surface area (Å²) in [5, 5.41) is 6.86. The van der Waals surface area contributed by atoms with Crippen LogP contribution in [0.5, 0.6) is 5.75 Å². The standard InChI is InChI=1S/C36H40N2O6/c1-36(2,3)43-35(40)44-38-21-19-32(33(24-38)42-25-26-13-14-27-9-7-8-12-30(27)23-26)28-15-17-31(18-16-28)41-22-20-37-34(39)29-10-5-4-6-11-29/h4-18,23,32-33H,19-22,24-25H2,1-3H3,(H,37,39). The number of ether oxygens (including phenoxy) is 3. The molecule has 1 amide bonds. The number of nitrogens with zero attached hydrogens (tertiary/aromatic N) is 1. The topological polar surface area (TPSA) is 86.3 Å². The summed E-state index contributed by atoms with van der Waals surface area (Å²) in [5.74, 6) is 0.691. The molecule has 1 aliphatic rings. The number of carbonyl (C=O) groups is 2. The molecule has 1 saturated heterocycles. The van der Waals surface area contributed by atoms with Crippen molar-refractivity contribution >= 4 is 22.8 Å². The van der Waals surface area contributed by atoms with E-state index in [2.05, 4.69) is 47.8 Å². The number of amides is 1. The molecule has 4 aromatic carbocycles. The molecule has 0 spiro atoms. The summed E-state index contributed by atoms with van der Waals surface area (Å²) in [7, 11) is 0. The van der Waals surface area contributed by atoms with Gasteiger partial charge in [0.1, 0.15) is 18.0 Å². The minimum atomic E-state index is -0.717. The van der Waals surface area contributed by atoms with Crippen LogP contribution in [0.4, 0.5) is 4.79 Å². The average molecular weight is 597 g/mol. The molecule has 8 heteroatoms. The molecule has 1 N–H and O–H groups in total. The fourth-order valence-corrected chi connectivity index (χ4v) is 5.26. The number of hydrogen-bond donors (Lipinski definition) is 1. The second kappa shape index (κ2) is 14.4. The predicted molar refractivity (Wildman–Crippen MR) is 169 cm³/mol. The zero-order valence-electron chi connectivity index (χ0n) is 25.5. The summed E-state index contributed by atoms with van der Waals surface area (Å²) in [5.41, 5.74) is 2.18. The van der Waals surface area contributed by atoms with E-state index < -0.39 is 11.8 Å². The largest absolute Gasteiger partial charge is 0.528 e. The smallest absolute Gasteiger partial charge is 0.492 e. The Balaban J connectivity index is 1.20. The van der Waals surface area contributed by atoms with Gasteiger partial charge >= 0.3 is 6.16 Å². The number of benzene rings is 4. The normalized spacial score (nSPS) is 17.2. The molecule has 0 radical (unpaired) electrons. The van der Waals surface area contributed by atoms with Crippen molar-refractivity contribution in [1.29, 1.82) is 0 Å². The van der Waals surface area contributed by atoms with Crippen LogP contribution in [0.2, 0.25) is 0 Å². The van der Waals surface area contributed by atoms with E-state index in [0.717, 1.165) is 23.3 Å². The first kappa shape index (κ1) is 31.0. The summed E-state index contributed by atoms with van der Waals surface area (Å²) >= 11 is 0. The molecule has 5 rings (SSSR count). The number of fused-ring (bicyclic) bond motifs is 1. The van der Waals surface area contributed by atoms with Gasteiger partial charge in [0.15, 0.2) is 0 Å². The summed E-state index contributed by atoms with van der Waals surface area (Å²) in [4.78, 5) is 30.2. The van der Waals surface area contributed by atoms with E-state index in [1.807, 2.05) is 63.2 Å². The number of hydrogen-bond acceptors (Lipinski definition) is 7. The van der Waals surface area contributed by atoms with Gasteiger partial charge in [0.2, 0.25) is 0 Å². The van der Waals surface area contributed by atoms with E-state index in [9.17, 15) is 9.59 Å². The van der Waals surface area contributed by atoms with Crippen LogP contribution in [0.3, 0.4) is 0 Å². The monoisotopic (exact) mass is 596 g/mol. The Hall–Kier alpha value is -4.40. The van der Waals surface area contributed by atoms with Crippen molar-refractivity contribution in [2.24, 2.45) is 0 Å². The fraction of sp³-hybridized carbons (Fsp3) is 0.333. The number of nitrogens with one attached hydrogen (secondary N) is 1. The highest BCUT2D eigenvalue weighted by atomic mass is 16.8. The SMILES string of the molecule is CC(C)(C)OC(=O)ON1CCC(c2ccc(OCCNC(=O)c3ccccc3)cc2)C(OCc2ccc3ccccc3c2)C1. The first-order chi connectivity index (χ1) is 21.2. The number of hydroxylamine groups is 2. The van der Waals surface area contributed by atoms with E-state index in [4.69, 9.17) is 19.0 Å². The molecule has 2 atom stereocenters. The Labute approximate surface area is 258 Å². The van der Waals surface area contributed by atoms with Gasteiger partial charge in [-0.1, -0.05) is 66.7 Å². The number of piperidine rings is 1. The molecule has 44 heavy (non-hydrogen) atoms. The maximum atomic E-state index is 12.4. The minimum absolute atomic E-state index is 0.0909. The van der Waals surface area contributed by atoms with Crippen LogP contribution in [-0.4, -0.2) is 55.1 Å². The average Bonchev–Trinajstić information content (AvgIpc) is 3.02. The third-order valence-corrected chi connectivity index (χ3v) is 7.39. The summed E-state index contributed by atoms with van der Waals surface area (Å²) < 4.78 is 17.8. The van der Waals surface area contributed by atoms with Gasteiger partial charge in [-0.2, -0.15) is 0 Å². The molecule has 0 bridgehead atoms. The first-order valence-electron chi connectivity index (χ1n) is 15.0. The molecule has 1 heterocycles. The summed E-state index contributed by atoms with van der Waals surface area (Å²) in [6.07, 6.45) is -0.208. The van der Waals surface area contributed by atoms with E-state index in [0.29, 0.717) is 38.4 Å². The van der Waals surface area contributed by atoms with Crippen LogP contribution in [0.25, 0.3) is 10.8 Å². The third-order valence-electron chi connectivity index (χ3n) is 7.39. The van der Waals surface area contributed by atoms with Gasteiger partial charge in [-0.15, -0.1) is 5.06 Å². The van der Waals surface area contributed by atoms with Crippen LogP contribution in [0, 0.1) is 0 Å². The predicted octanol–water partition coefficient (Wildman–Crippen LogP) is 6.89. The summed E-state index contributed by atoms with van der Waals surface area (Å²) in [6, 6.07) is 31.7. The van der Waals surface area contributed by atoms with Crippen molar-refractivity contribution in [1.82, 2.24) is 10.4 Å². The molecule has 0 aromatic heterocycles. The molecular weight excluding hydrogens is 556 g/mol. The molecular formula is C36H40N2O6. The molecule has 230 valence electrons. The second-order valence-electron chi connectivity index (χ2n) is 11.9. The Morgan fingerprint density at radius 3 is 2.36 bits per heavy atom. The van der Waals surface area contributed by atoms with Crippen LogP contribution >= 0.6 is 0 Å². The van der Waals surface area contributed by atoms with Crippen LogP contribution in [-0.2, 0) is 20.9 Å². The quantitative estimate of drug-likeness (QED) is 0.158. The lowest BCUT2D eigenvalue weighted by molar-refractivity contribution is -0.179. The molecule has 0 saturated carbocycles. The summed E-state index contributed by atoms with van der Waals surface area (Å²) in [6.45, 7) is 7.59. The molecule has 8 nitrogen and oxygen atoms in total. The lowest BCUT2D eigenvalue weighted by Crippen LogP contribution is -2.45. The lowest BCUT2D eigenvalue weighted by atomic mass is 9.87. The van der Waals surface area contributed by atoms with Gasteiger partial charge < -0.3 is 24.4 Å². The van der Waals surface area contributed by atoms with Crippen LogP contribution in [0.15, 0.2) is 97.1 Å².